The van der Waals surface area contributed by atoms with Crippen molar-refractivity contribution in [1.82, 2.24) is 0 Å². The molecule has 1 heterocycles. The molecule has 36 heavy (non-hydrogen) atoms. The Labute approximate surface area is 212 Å². The Morgan fingerprint density at radius 3 is 2.19 bits per heavy atom. The molecule has 6 heteroatoms. The number of ether oxygens (including phenoxy) is 1. The van der Waals surface area contributed by atoms with Crippen LogP contribution < -0.4 is 4.74 Å². The minimum absolute atomic E-state index is 0.0355. The summed E-state index contributed by atoms with van der Waals surface area (Å²) in [4.78, 5) is 13.0. The summed E-state index contributed by atoms with van der Waals surface area (Å²) in [5.41, 5.74) is 4.90. The minimum Gasteiger partial charge on any atom is -0.508 e. The summed E-state index contributed by atoms with van der Waals surface area (Å²) < 4.78 is 6.16. The van der Waals surface area contributed by atoms with E-state index in [0.29, 0.717) is 29.5 Å². The number of hydrogen-bond acceptors (Lipinski definition) is 6. The number of rotatable bonds is 8. The van der Waals surface area contributed by atoms with Crippen molar-refractivity contribution in [2.75, 3.05) is 0 Å². The van der Waals surface area contributed by atoms with Crippen LogP contribution in [-0.4, -0.2) is 26.2 Å². The molecule has 2 aromatic carbocycles. The average molecular weight is 493 g/mol. The Bertz CT molecular complexity index is 1240. The Morgan fingerprint density at radius 1 is 0.861 bits per heavy atom. The minimum atomic E-state index is -0.834. The highest BCUT2D eigenvalue weighted by atomic mass is 16.5. The molecule has 0 fully saturated rings. The Morgan fingerprint density at radius 2 is 1.53 bits per heavy atom. The van der Waals surface area contributed by atoms with Gasteiger partial charge in [0.05, 0.1) is 6.42 Å². The predicted octanol–water partition coefficient (Wildman–Crippen LogP) is 6.96. The van der Waals surface area contributed by atoms with Crippen LogP contribution in [0.4, 0.5) is 0 Å². The average Bonchev–Trinajstić information content (AvgIpc) is 2.77. The van der Waals surface area contributed by atoms with Gasteiger partial charge in [0.1, 0.15) is 40.4 Å². The lowest BCUT2D eigenvalue weighted by molar-refractivity contribution is 0.0839. The van der Waals surface area contributed by atoms with Crippen molar-refractivity contribution < 1.29 is 30.0 Å². The fourth-order valence-corrected chi connectivity index (χ4v) is 4.24. The van der Waals surface area contributed by atoms with E-state index < -0.39 is 6.10 Å². The third-order valence-electron chi connectivity index (χ3n) is 6.30. The van der Waals surface area contributed by atoms with Crippen LogP contribution in [0.25, 0.3) is 0 Å². The maximum absolute atomic E-state index is 13.0. The van der Waals surface area contributed by atoms with Crippen LogP contribution in [-0.2, 0) is 12.8 Å². The molecule has 1 aliphatic heterocycles. The van der Waals surface area contributed by atoms with Crippen molar-refractivity contribution in [3.05, 3.63) is 75.4 Å². The van der Waals surface area contributed by atoms with E-state index in [4.69, 9.17) is 4.74 Å². The molecule has 0 saturated carbocycles. The second-order valence-corrected chi connectivity index (χ2v) is 9.93. The number of fused-ring (bicyclic) bond motifs is 1. The van der Waals surface area contributed by atoms with Crippen molar-refractivity contribution in [3.63, 3.8) is 0 Å². The molecule has 0 amide bonds. The van der Waals surface area contributed by atoms with Crippen LogP contribution in [0, 0.1) is 0 Å². The van der Waals surface area contributed by atoms with Gasteiger partial charge in [0.25, 0.3) is 0 Å². The van der Waals surface area contributed by atoms with E-state index in [2.05, 4.69) is 19.9 Å². The van der Waals surface area contributed by atoms with Crippen LogP contribution in [0.15, 0.2) is 53.1 Å². The van der Waals surface area contributed by atoms with E-state index in [1.54, 1.807) is 6.07 Å². The lowest BCUT2D eigenvalue weighted by Crippen LogP contribution is -2.22. The van der Waals surface area contributed by atoms with Gasteiger partial charge in [-0.15, -0.1) is 0 Å². The molecule has 192 valence electrons. The van der Waals surface area contributed by atoms with E-state index in [-0.39, 0.29) is 46.5 Å². The Kier molecular flexibility index (Phi) is 8.51. The van der Waals surface area contributed by atoms with Gasteiger partial charge in [-0.25, -0.2) is 0 Å². The molecule has 4 N–H and O–H groups in total. The SMILES string of the molecule is CC(C)=CCC/C(C)=C/Cc1cc(C2CC(=O)c3c(O)cc(O)c(CC=C(C)C)c3O2)c(O)cc1O. The van der Waals surface area contributed by atoms with E-state index in [1.807, 2.05) is 32.9 Å². The van der Waals surface area contributed by atoms with Gasteiger partial charge in [-0.3, -0.25) is 4.79 Å². The summed E-state index contributed by atoms with van der Waals surface area (Å²) >= 11 is 0. The lowest BCUT2D eigenvalue weighted by atomic mass is 9.91. The highest BCUT2D eigenvalue weighted by molar-refractivity contribution is 6.03. The molecule has 1 atom stereocenters. The molecule has 0 bridgehead atoms. The first-order valence-electron chi connectivity index (χ1n) is 12.2. The summed E-state index contributed by atoms with van der Waals surface area (Å²) in [7, 11) is 0. The number of phenolic OH excluding ortho intramolecular Hbond substituents is 4. The molecule has 0 aromatic heterocycles. The van der Waals surface area contributed by atoms with Gasteiger partial charge >= 0.3 is 0 Å². The predicted molar refractivity (Wildman–Crippen MR) is 141 cm³/mol. The van der Waals surface area contributed by atoms with Crippen LogP contribution in [0.2, 0.25) is 0 Å². The summed E-state index contributed by atoms with van der Waals surface area (Å²) in [6, 6.07) is 4.09. The van der Waals surface area contributed by atoms with Crippen LogP contribution >= 0.6 is 0 Å². The van der Waals surface area contributed by atoms with Gasteiger partial charge in [0.15, 0.2) is 5.78 Å². The van der Waals surface area contributed by atoms with Gasteiger partial charge < -0.3 is 25.2 Å². The number of benzene rings is 2. The zero-order valence-corrected chi connectivity index (χ0v) is 21.7. The number of carbonyl (C=O) groups is 1. The lowest BCUT2D eigenvalue weighted by Gasteiger charge is -2.29. The number of phenols is 4. The molecular weight excluding hydrogens is 456 g/mol. The largest absolute Gasteiger partial charge is 0.508 e. The number of ketones is 1. The zero-order chi connectivity index (χ0) is 26.6. The van der Waals surface area contributed by atoms with E-state index in [1.165, 1.54) is 17.2 Å². The molecule has 6 nitrogen and oxygen atoms in total. The third-order valence-corrected chi connectivity index (χ3v) is 6.30. The number of Topliss-reactive ketones (excluding diaryl/α,β-unsaturated/α-hetero) is 1. The van der Waals surface area contributed by atoms with E-state index in [0.717, 1.165) is 24.5 Å². The number of carbonyl (C=O) groups excluding carboxylic acids is 1. The summed E-state index contributed by atoms with van der Waals surface area (Å²) in [5, 5.41) is 41.9. The Hall–Kier alpha value is -3.67. The van der Waals surface area contributed by atoms with Gasteiger partial charge in [0.2, 0.25) is 0 Å². The smallest absolute Gasteiger partial charge is 0.174 e. The normalized spacial score (nSPS) is 15.2. The molecular formula is C30H36O6. The van der Waals surface area contributed by atoms with Gasteiger partial charge in [-0.05, 0) is 71.9 Å². The molecule has 1 unspecified atom stereocenters. The summed E-state index contributed by atoms with van der Waals surface area (Å²) in [6.45, 7) is 10.0. The van der Waals surface area contributed by atoms with Crippen molar-refractivity contribution in [3.8, 4) is 28.7 Å². The van der Waals surface area contributed by atoms with Gasteiger partial charge in [-0.2, -0.15) is 0 Å². The molecule has 0 radical (unpaired) electrons. The fourth-order valence-electron chi connectivity index (χ4n) is 4.24. The standard InChI is InChI=1S/C30H36O6/c1-17(2)7-6-8-19(5)10-11-20-13-22(25(33)14-23(20)31)28-16-27(35)29-26(34)15-24(32)21(30(29)36-28)12-9-18(3)4/h7,9-10,13-15,28,31-34H,6,8,11-12,16H2,1-5H3/b19-10+. The van der Waals surface area contributed by atoms with Crippen molar-refractivity contribution in [1.29, 1.82) is 0 Å². The topological polar surface area (TPSA) is 107 Å². The van der Waals surface area contributed by atoms with Gasteiger partial charge in [0, 0.05) is 23.3 Å². The highest BCUT2D eigenvalue weighted by Crippen LogP contribution is 2.47. The van der Waals surface area contributed by atoms with Crippen molar-refractivity contribution in [2.45, 2.75) is 72.8 Å². The van der Waals surface area contributed by atoms with Crippen molar-refractivity contribution >= 4 is 5.78 Å². The fraction of sp³-hybridized carbons (Fsp3) is 0.367. The monoisotopic (exact) mass is 492 g/mol. The maximum Gasteiger partial charge on any atom is 0.174 e. The van der Waals surface area contributed by atoms with Gasteiger partial charge in [-0.1, -0.05) is 34.9 Å². The Balaban J connectivity index is 1.94. The first kappa shape index (κ1) is 26.9. The molecule has 0 aliphatic carbocycles. The van der Waals surface area contributed by atoms with Crippen molar-refractivity contribution in [2.24, 2.45) is 0 Å². The van der Waals surface area contributed by atoms with Crippen LogP contribution in [0.3, 0.4) is 0 Å². The first-order chi connectivity index (χ1) is 17.0. The second kappa shape index (κ2) is 11.4. The number of allylic oxidation sites excluding steroid dienone is 6. The maximum atomic E-state index is 13.0. The molecule has 3 rings (SSSR count). The number of aromatic hydroxyl groups is 4. The van der Waals surface area contributed by atoms with Crippen LogP contribution in [0.5, 0.6) is 28.7 Å². The number of hydrogen-bond donors (Lipinski definition) is 4. The molecule has 0 spiro atoms. The summed E-state index contributed by atoms with van der Waals surface area (Å²) in [5.74, 6) is -0.946. The van der Waals surface area contributed by atoms with Crippen LogP contribution in [0.1, 0.15) is 87.0 Å². The quantitative estimate of drug-likeness (QED) is 0.297. The molecule has 1 aliphatic rings. The second-order valence-electron chi connectivity index (χ2n) is 9.93. The first-order valence-corrected chi connectivity index (χ1v) is 12.2. The molecule has 0 saturated heterocycles. The zero-order valence-electron chi connectivity index (χ0n) is 21.7. The third kappa shape index (κ3) is 6.30. The summed E-state index contributed by atoms with van der Waals surface area (Å²) in [6.07, 6.45) is 7.84. The highest BCUT2D eigenvalue weighted by Gasteiger charge is 2.34. The molecule has 2 aromatic rings. The van der Waals surface area contributed by atoms with E-state index in [9.17, 15) is 25.2 Å². The van der Waals surface area contributed by atoms with E-state index >= 15 is 0 Å².